The molecule has 0 saturated heterocycles. The molecular formula is C17H21NO. The number of hydrogen-bond donors (Lipinski definition) is 0. The number of nitriles is 1. The first-order valence-corrected chi connectivity index (χ1v) is 6.85. The predicted molar refractivity (Wildman–Crippen MR) is 78.4 cm³/mol. The maximum atomic E-state index is 9.27. The summed E-state index contributed by atoms with van der Waals surface area (Å²) in [5.74, 6) is 0.480. The summed E-state index contributed by atoms with van der Waals surface area (Å²) < 4.78 is 5.85. The molecule has 0 bridgehead atoms. The van der Waals surface area contributed by atoms with E-state index in [9.17, 15) is 5.26 Å². The molecule has 2 rings (SSSR count). The van der Waals surface area contributed by atoms with Gasteiger partial charge in [-0.15, -0.1) is 0 Å². The third-order valence-electron chi connectivity index (χ3n) is 3.45. The standard InChI is InChI=1S/C17H21NO/c1-6-7-12-13-8-11(2)9-14(17(3,4)5)16(13)19-15(12)10-18/h8-9H,6-7H2,1-5H3. The van der Waals surface area contributed by atoms with Crippen molar-refractivity contribution < 1.29 is 4.42 Å². The molecule has 0 fully saturated rings. The Hall–Kier alpha value is -1.75. The Kier molecular flexibility index (Phi) is 3.41. The topological polar surface area (TPSA) is 36.9 Å². The van der Waals surface area contributed by atoms with Gasteiger partial charge in [0.2, 0.25) is 5.76 Å². The summed E-state index contributed by atoms with van der Waals surface area (Å²) in [6.07, 6.45) is 1.91. The number of nitrogens with zero attached hydrogens (tertiary/aromatic N) is 1. The minimum Gasteiger partial charge on any atom is -0.445 e. The molecule has 2 heteroatoms. The van der Waals surface area contributed by atoms with Gasteiger partial charge in [-0.1, -0.05) is 40.2 Å². The Morgan fingerprint density at radius 2 is 1.95 bits per heavy atom. The zero-order valence-electron chi connectivity index (χ0n) is 12.4. The lowest BCUT2D eigenvalue weighted by Gasteiger charge is -2.19. The Labute approximate surface area is 115 Å². The summed E-state index contributed by atoms with van der Waals surface area (Å²) in [7, 11) is 0. The van der Waals surface area contributed by atoms with Gasteiger partial charge in [0.05, 0.1) is 0 Å². The van der Waals surface area contributed by atoms with E-state index >= 15 is 0 Å². The Bertz CT molecular complexity index is 650. The molecule has 0 spiro atoms. The van der Waals surface area contributed by atoms with Crippen molar-refractivity contribution in [1.82, 2.24) is 0 Å². The quantitative estimate of drug-likeness (QED) is 0.768. The fourth-order valence-corrected chi connectivity index (χ4v) is 2.54. The van der Waals surface area contributed by atoms with Crippen LogP contribution in [0.5, 0.6) is 0 Å². The zero-order valence-corrected chi connectivity index (χ0v) is 12.4. The molecule has 0 aliphatic carbocycles. The lowest BCUT2D eigenvalue weighted by Crippen LogP contribution is -2.11. The van der Waals surface area contributed by atoms with Crippen LogP contribution >= 0.6 is 0 Å². The molecule has 100 valence electrons. The smallest absolute Gasteiger partial charge is 0.207 e. The van der Waals surface area contributed by atoms with E-state index in [-0.39, 0.29) is 5.41 Å². The second-order valence-corrected chi connectivity index (χ2v) is 6.21. The van der Waals surface area contributed by atoms with Gasteiger partial charge in [0.25, 0.3) is 0 Å². The molecule has 0 amide bonds. The summed E-state index contributed by atoms with van der Waals surface area (Å²) in [5.41, 5.74) is 4.37. The summed E-state index contributed by atoms with van der Waals surface area (Å²) in [4.78, 5) is 0. The van der Waals surface area contributed by atoms with Gasteiger partial charge in [-0.25, -0.2) is 0 Å². The van der Waals surface area contributed by atoms with E-state index < -0.39 is 0 Å². The van der Waals surface area contributed by atoms with Crippen molar-refractivity contribution in [3.05, 3.63) is 34.6 Å². The SMILES string of the molecule is CCCc1c(C#N)oc2c(C(C)(C)C)cc(C)cc12. The van der Waals surface area contributed by atoms with Crippen molar-refractivity contribution in [3.63, 3.8) is 0 Å². The van der Waals surface area contributed by atoms with Crippen molar-refractivity contribution in [2.45, 2.75) is 52.9 Å². The van der Waals surface area contributed by atoms with E-state index in [4.69, 9.17) is 4.42 Å². The number of rotatable bonds is 2. The van der Waals surface area contributed by atoms with E-state index in [0.29, 0.717) is 5.76 Å². The average Bonchev–Trinajstić information content (AvgIpc) is 2.66. The van der Waals surface area contributed by atoms with Crippen LogP contribution in [0.1, 0.15) is 56.6 Å². The first-order chi connectivity index (χ1) is 8.88. The number of benzene rings is 1. The van der Waals surface area contributed by atoms with Gasteiger partial charge in [0, 0.05) is 16.5 Å². The molecule has 0 N–H and O–H groups in total. The van der Waals surface area contributed by atoms with Gasteiger partial charge in [0.1, 0.15) is 11.7 Å². The largest absolute Gasteiger partial charge is 0.445 e. The van der Waals surface area contributed by atoms with Crippen LogP contribution in [0.3, 0.4) is 0 Å². The molecule has 0 aliphatic heterocycles. The van der Waals surface area contributed by atoms with Crippen LogP contribution in [0.15, 0.2) is 16.5 Å². The normalized spacial score (nSPS) is 11.8. The lowest BCUT2D eigenvalue weighted by molar-refractivity contribution is 0.549. The molecule has 0 radical (unpaired) electrons. The lowest BCUT2D eigenvalue weighted by atomic mass is 9.84. The van der Waals surface area contributed by atoms with Gasteiger partial charge in [-0.3, -0.25) is 0 Å². The van der Waals surface area contributed by atoms with Crippen LogP contribution in [-0.4, -0.2) is 0 Å². The van der Waals surface area contributed by atoms with E-state index in [0.717, 1.165) is 29.4 Å². The fourth-order valence-electron chi connectivity index (χ4n) is 2.54. The summed E-state index contributed by atoms with van der Waals surface area (Å²) >= 11 is 0. The molecule has 19 heavy (non-hydrogen) atoms. The third-order valence-corrected chi connectivity index (χ3v) is 3.45. The second-order valence-electron chi connectivity index (χ2n) is 6.21. The number of furan rings is 1. The van der Waals surface area contributed by atoms with Crippen molar-refractivity contribution in [1.29, 1.82) is 5.26 Å². The molecule has 0 aliphatic rings. The molecular weight excluding hydrogens is 234 g/mol. The van der Waals surface area contributed by atoms with Crippen LogP contribution in [0, 0.1) is 18.3 Å². The van der Waals surface area contributed by atoms with Gasteiger partial charge < -0.3 is 4.42 Å². The van der Waals surface area contributed by atoms with Crippen molar-refractivity contribution in [2.24, 2.45) is 0 Å². The molecule has 0 saturated carbocycles. The summed E-state index contributed by atoms with van der Waals surface area (Å²) in [6, 6.07) is 6.51. The van der Waals surface area contributed by atoms with E-state index in [1.807, 2.05) is 0 Å². The summed E-state index contributed by atoms with van der Waals surface area (Å²) in [5, 5.41) is 10.4. The minimum atomic E-state index is 0.0122. The van der Waals surface area contributed by atoms with Crippen LogP contribution in [-0.2, 0) is 11.8 Å². The average molecular weight is 255 g/mol. The van der Waals surface area contributed by atoms with Crippen molar-refractivity contribution in [2.75, 3.05) is 0 Å². The van der Waals surface area contributed by atoms with Crippen molar-refractivity contribution >= 4 is 11.0 Å². The van der Waals surface area contributed by atoms with Gasteiger partial charge >= 0.3 is 0 Å². The highest BCUT2D eigenvalue weighted by molar-refractivity contribution is 5.87. The Morgan fingerprint density at radius 1 is 1.26 bits per heavy atom. The predicted octanol–water partition coefficient (Wildman–Crippen LogP) is 4.86. The first kappa shape index (κ1) is 13.7. The maximum Gasteiger partial charge on any atom is 0.207 e. The van der Waals surface area contributed by atoms with Crippen LogP contribution in [0.25, 0.3) is 11.0 Å². The third kappa shape index (κ3) is 2.38. The Morgan fingerprint density at radius 3 is 2.47 bits per heavy atom. The second kappa shape index (κ2) is 4.74. The Balaban J connectivity index is 2.84. The molecule has 1 aromatic heterocycles. The molecule has 2 nitrogen and oxygen atoms in total. The summed E-state index contributed by atoms with van der Waals surface area (Å²) in [6.45, 7) is 10.8. The van der Waals surface area contributed by atoms with Crippen LogP contribution < -0.4 is 0 Å². The maximum absolute atomic E-state index is 9.27. The van der Waals surface area contributed by atoms with Crippen LogP contribution in [0.4, 0.5) is 0 Å². The van der Waals surface area contributed by atoms with Gasteiger partial charge in [-0.2, -0.15) is 5.26 Å². The molecule has 0 atom stereocenters. The highest BCUT2D eigenvalue weighted by Crippen LogP contribution is 2.36. The zero-order chi connectivity index (χ0) is 14.2. The number of aryl methyl sites for hydroxylation is 2. The number of hydrogen-bond acceptors (Lipinski definition) is 2. The van der Waals surface area contributed by atoms with E-state index in [1.165, 1.54) is 11.1 Å². The highest BCUT2D eigenvalue weighted by atomic mass is 16.3. The molecule has 1 aromatic carbocycles. The van der Waals surface area contributed by atoms with Crippen LogP contribution in [0.2, 0.25) is 0 Å². The van der Waals surface area contributed by atoms with E-state index in [2.05, 4.69) is 52.8 Å². The van der Waals surface area contributed by atoms with Gasteiger partial charge in [0.15, 0.2) is 0 Å². The molecule has 2 aromatic rings. The molecule has 1 heterocycles. The monoisotopic (exact) mass is 255 g/mol. The molecule has 0 unspecified atom stereocenters. The highest BCUT2D eigenvalue weighted by Gasteiger charge is 2.23. The van der Waals surface area contributed by atoms with Crippen molar-refractivity contribution in [3.8, 4) is 6.07 Å². The minimum absolute atomic E-state index is 0.0122. The van der Waals surface area contributed by atoms with Gasteiger partial charge in [-0.05, 0) is 30.4 Å². The van der Waals surface area contributed by atoms with E-state index in [1.54, 1.807) is 0 Å². The fraction of sp³-hybridized carbons (Fsp3) is 0.471. The first-order valence-electron chi connectivity index (χ1n) is 6.85. The number of fused-ring (bicyclic) bond motifs is 1.